The van der Waals surface area contributed by atoms with Crippen molar-refractivity contribution < 1.29 is 13.2 Å². The predicted octanol–water partition coefficient (Wildman–Crippen LogP) is 1.54. The van der Waals surface area contributed by atoms with Gasteiger partial charge in [-0.25, -0.2) is 8.42 Å². The molecule has 0 aliphatic heterocycles. The smallest absolute Gasteiger partial charge is 0.244 e. The summed E-state index contributed by atoms with van der Waals surface area (Å²) < 4.78 is 25.5. The van der Waals surface area contributed by atoms with E-state index in [-0.39, 0.29) is 18.0 Å². The largest absolute Gasteiger partial charge is 0.302 e. The number of carbonyl (C=O) groups is 1. The normalized spacial score (nSPS) is 10.8. The van der Waals surface area contributed by atoms with E-state index in [0.29, 0.717) is 6.29 Å². The third kappa shape index (κ3) is 3.67. The Labute approximate surface area is 115 Å². The number of halogens is 1. The molecule has 0 aliphatic rings. The Balaban J connectivity index is 3.10. The van der Waals surface area contributed by atoms with Crippen LogP contribution in [0.1, 0.15) is 5.56 Å². The lowest BCUT2D eigenvalue weighted by Gasteiger charge is -2.17. The van der Waals surface area contributed by atoms with Crippen LogP contribution in [-0.4, -0.2) is 32.1 Å². The molecule has 96 valence electrons. The lowest BCUT2D eigenvalue weighted by atomic mass is 10.2. The highest BCUT2D eigenvalue weighted by Crippen LogP contribution is 2.15. The maximum Gasteiger partial charge on any atom is 0.244 e. The first-order valence-corrected chi connectivity index (χ1v) is 7.34. The zero-order valence-electron chi connectivity index (χ0n) is 9.76. The second kappa shape index (κ2) is 6.69. The van der Waals surface area contributed by atoms with Crippen LogP contribution in [0.25, 0.3) is 0 Å². The van der Waals surface area contributed by atoms with Crippen LogP contribution in [0.4, 0.5) is 0 Å². The van der Waals surface area contributed by atoms with Crippen LogP contribution >= 0.6 is 15.9 Å². The molecule has 0 unspecified atom stereocenters. The standard InChI is InChI=1S/C12H12BrNO3S/c1-11-3-5-12(6-4-11)18(16,17)14(9-10-15)8-2-7-13/h3-6,10H,8-9H2,1H3. The topological polar surface area (TPSA) is 54.5 Å². The van der Waals surface area contributed by atoms with Crippen LogP contribution in [0.3, 0.4) is 0 Å². The molecule has 0 fully saturated rings. The summed E-state index contributed by atoms with van der Waals surface area (Å²) in [5.74, 6) is 2.57. The summed E-state index contributed by atoms with van der Waals surface area (Å²) >= 11 is 2.89. The number of aryl methyl sites for hydroxylation is 1. The lowest BCUT2D eigenvalue weighted by molar-refractivity contribution is -0.108. The number of benzene rings is 1. The molecular formula is C12H12BrNO3S. The molecule has 18 heavy (non-hydrogen) atoms. The van der Waals surface area contributed by atoms with Crippen molar-refractivity contribution in [1.29, 1.82) is 0 Å². The maximum absolute atomic E-state index is 12.2. The molecule has 1 aromatic carbocycles. The SMILES string of the molecule is Cc1ccc(S(=O)(=O)N(CC#CBr)CC=O)cc1. The van der Waals surface area contributed by atoms with Crippen molar-refractivity contribution in [3.63, 3.8) is 0 Å². The van der Waals surface area contributed by atoms with Gasteiger partial charge in [0.2, 0.25) is 10.0 Å². The first-order chi connectivity index (χ1) is 8.52. The van der Waals surface area contributed by atoms with Crippen LogP contribution in [0.15, 0.2) is 29.2 Å². The second-order valence-electron chi connectivity index (χ2n) is 3.55. The van der Waals surface area contributed by atoms with E-state index in [4.69, 9.17) is 0 Å². The van der Waals surface area contributed by atoms with Gasteiger partial charge in [0.15, 0.2) is 0 Å². The summed E-state index contributed by atoms with van der Waals surface area (Å²) in [5.41, 5.74) is 0.969. The number of hydrogen-bond acceptors (Lipinski definition) is 3. The fourth-order valence-electron chi connectivity index (χ4n) is 1.31. The van der Waals surface area contributed by atoms with E-state index in [2.05, 4.69) is 26.7 Å². The predicted molar refractivity (Wildman–Crippen MR) is 72.7 cm³/mol. The first-order valence-electron chi connectivity index (χ1n) is 5.11. The average Bonchev–Trinajstić information content (AvgIpc) is 2.35. The third-order valence-electron chi connectivity index (χ3n) is 2.26. The minimum absolute atomic E-state index is 0.0276. The summed E-state index contributed by atoms with van der Waals surface area (Å²) in [6.07, 6.45) is 0.543. The van der Waals surface area contributed by atoms with Gasteiger partial charge in [0, 0.05) is 15.9 Å². The van der Waals surface area contributed by atoms with Gasteiger partial charge in [-0.3, -0.25) is 0 Å². The molecule has 0 atom stereocenters. The van der Waals surface area contributed by atoms with Crippen molar-refractivity contribution in [2.24, 2.45) is 0 Å². The van der Waals surface area contributed by atoms with Gasteiger partial charge in [0.25, 0.3) is 0 Å². The van der Waals surface area contributed by atoms with E-state index >= 15 is 0 Å². The second-order valence-corrected chi connectivity index (χ2v) is 5.88. The minimum Gasteiger partial charge on any atom is -0.302 e. The third-order valence-corrected chi connectivity index (χ3v) is 4.37. The Morgan fingerprint density at radius 3 is 2.44 bits per heavy atom. The van der Waals surface area contributed by atoms with E-state index in [1.54, 1.807) is 12.1 Å². The van der Waals surface area contributed by atoms with Crippen molar-refractivity contribution in [1.82, 2.24) is 4.31 Å². The maximum atomic E-state index is 12.2. The van der Waals surface area contributed by atoms with Gasteiger partial charge in [-0.1, -0.05) is 23.6 Å². The van der Waals surface area contributed by atoms with Crippen molar-refractivity contribution in [2.75, 3.05) is 13.1 Å². The molecule has 1 aromatic rings. The molecule has 0 saturated heterocycles. The van der Waals surface area contributed by atoms with E-state index in [0.717, 1.165) is 9.87 Å². The zero-order chi connectivity index (χ0) is 13.6. The molecule has 0 aromatic heterocycles. The molecule has 6 heteroatoms. The summed E-state index contributed by atoms with van der Waals surface area (Å²) in [5, 5.41) is 0. The molecule has 4 nitrogen and oxygen atoms in total. The van der Waals surface area contributed by atoms with Gasteiger partial charge in [-0.05, 0) is 23.9 Å². The molecule has 0 radical (unpaired) electrons. The zero-order valence-corrected chi connectivity index (χ0v) is 12.2. The number of nitrogens with zero attached hydrogens (tertiary/aromatic N) is 1. The number of rotatable bonds is 5. The molecule has 0 amide bonds. The van der Waals surface area contributed by atoms with E-state index in [9.17, 15) is 13.2 Å². The highest BCUT2D eigenvalue weighted by atomic mass is 79.9. The fraction of sp³-hybridized carbons (Fsp3) is 0.250. The van der Waals surface area contributed by atoms with Crippen LogP contribution in [0, 0.1) is 17.7 Å². The molecule has 0 spiro atoms. The van der Waals surface area contributed by atoms with Gasteiger partial charge in [0.1, 0.15) is 6.29 Å². The summed E-state index contributed by atoms with van der Waals surface area (Å²) in [7, 11) is -3.67. The average molecular weight is 330 g/mol. The molecule has 0 N–H and O–H groups in total. The molecule has 0 aliphatic carbocycles. The molecule has 1 rings (SSSR count). The number of carbonyl (C=O) groups excluding carboxylic acids is 1. The quantitative estimate of drug-likeness (QED) is 0.608. The fourth-order valence-corrected chi connectivity index (χ4v) is 2.70. The van der Waals surface area contributed by atoms with Crippen LogP contribution in [-0.2, 0) is 14.8 Å². The lowest BCUT2D eigenvalue weighted by Crippen LogP contribution is -2.33. The summed E-state index contributed by atoms with van der Waals surface area (Å²) in [6.45, 7) is 1.63. The van der Waals surface area contributed by atoms with Crippen LogP contribution in [0.5, 0.6) is 0 Å². The van der Waals surface area contributed by atoms with Gasteiger partial charge in [-0.2, -0.15) is 4.31 Å². The van der Waals surface area contributed by atoms with Crippen molar-refractivity contribution >= 4 is 32.2 Å². The van der Waals surface area contributed by atoms with Crippen molar-refractivity contribution in [3.8, 4) is 10.8 Å². The minimum atomic E-state index is -3.67. The molecule has 0 saturated carbocycles. The van der Waals surface area contributed by atoms with Gasteiger partial charge in [-0.15, -0.1) is 0 Å². The monoisotopic (exact) mass is 329 g/mol. The Kier molecular flexibility index (Phi) is 5.54. The van der Waals surface area contributed by atoms with E-state index in [1.165, 1.54) is 12.1 Å². The van der Waals surface area contributed by atoms with Gasteiger partial charge >= 0.3 is 0 Å². The molecule has 0 heterocycles. The highest BCUT2D eigenvalue weighted by molar-refractivity contribution is 9.12. The Hall–Kier alpha value is -1.16. The van der Waals surface area contributed by atoms with Gasteiger partial charge < -0.3 is 4.79 Å². The van der Waals surface area contributed by atoms with E-state index in [1.807, 2.05) is 6.92 Å². The summed E-state index contributed by atoms with van der Waals surface area (Å²) in [6, 6.07) is 6.46. The Morgan fingerprint density at radius 1 is 1.33 bits per heavy atom. The van der Waals surface area contributed by atoms with Gasteiger partial charge in [0.05, 0.1) is 18.0 Å². The number of aldehydes is 1. The van der Waals surface area contributed by atoms with E-state index < -0.39 is 10.0 Å². The number of hydrogen-bond donors (Lipinski definition) is 0. The number of sulfonamides is 1. The highest BCUT2D eigenvalue weighted by Gasteiger charge is 2.23. The Bertz CT molecular complexity index is 570. The molecular weight excluding hydrogens is 318 g/mol. The van der Waals surface area contributed by atoms with Crippen LogP contribution < -0.4 is 0 Å². The van der Waals surface area contributed by atoms with Crippen LogP contribution in [0.2, 0.25) is 0 Å². The first kappa shape index (κ1) is 14.9. The Morgan fingerprint density at radius 2 is 1.94 bits per heavy atom. The summed E-state index contributed by atoms with van der Waals surface area (Å²) in [4.78, 5) is 13.1. The van der Waals surface area contributed by atoms with Crippen molar-refractivity contribution in [2.45, 2.75) is 11.8 Å². The molecule has 0 bridgehead atoms. The van der Waals surface area contributed by atoms with Crippen molar-refractivity contribution in [3.05, 3.63) is 29.8 Å².